The Kier molecular flexibility index (Phi) is 3.36. The lowest BCUT2D eigenvalue weighted by Crippen LogP contribution is -1.95. The van der Waals surface area contributed by atoms with Gasteiger partial charge in [0.25, 0.3) is 0 Å². The second-order valence-electron chi connectivity index (χ2n) is 2.98. The molecule has 0 spiro atoms. The van der Waals surface area contributed by atoms with Crippen LogP contribution < -0.4 is 5.32 Å². The van der Waals surface area contributed by atoms with Crippen LogP contribution in [0.5, 0.6) is 0 Å². The van der Waals surface area contributed by atoms with E-state index in [1.807, 2.05) is 0 Å². The molecule has 1 N–H and O–H groups in total. The second kappa shape index (κ2) is 4.76. The van der Waals surface area contributed by atoms with Crippen molar-refractivity contribution in [2.24, 2.45) is 0 Å². The number of aromatic nitrogens is 2. The average molecular weight is 303 g/mol. The molecule has 3 nitrogen and oxygen atoms in total. The summed E-state index contributed by atoms with van der Waals surface area (Å²) in [5.74, 6) is 0.189. The number of hydrogen-bond donors (Lipinski definition) is 1. The number of halogens is 3. The van der Waals surface area contributed by atoms with Gasteiger partial charge in [-0.3, -0.25) is 4.98 Å². The van der Waals surface area contributed by atoms with Crippen molar-refractivity contribution in [3.63, 3.8) is 0 Å². The first-order valence-corrected chi connectivity index (χ1v) is 5.52. The van der Waals surface area contributed by atoms with E-state index in [1.54, 1.807) is 6.07 Å². The predicted molar refractivity (Wildman–Crippen MR) is 64.4 cm³/mol. The number of rotatable bonds is 2. The van der Waals surface area contributed by atoms with Crippen molar-refractivity contribution in [2.45, 2.75) is 0 Å². The van der Waals surface area contributed by atoms with E-state index >= 15 is 0 Å². The van der Waals surface area contributed by atoms with Crippen molar-refractivity contribution in [3.05, 3.63) is 46.0 Å². The Morgan fingerprint density at radius 1 is 1.31 bits per heavy atom. The van der Waals surface area contributed by atoms with Crippen LogP contribution in [-0.4, -0.2) is 9.97 Å². The minimum absolute atomic E-state index is 0.295. The number of benzene rings is 1. The van der Waals surface area contributed by atoms with Gasteiger partial charge in [-0.15, -0.1) is 0 Å². The lowest BCUT2D eigenvalue weighted by molar-refractivity contribution is 0.627. The van der Waals surface area contributed by atoms with Crippen LogP contribution >= 0.6 is 27.5 Å². The Morgan fingerprint density at radius 2 is 2.12 bits per heavy atom. The lowest BCUT2D eigenvalue weighted by atomic mass is 10.3. The van der Waals surface area contributed by atoms with Crippen molar-refractivity contribution >= 4 is 39.0 Å². The normalized spacial score (nSPS) is 10.2. The molecule has 1 heterocycles. The van der Waals surface area contributed by atoms with Gasteiger partial charge < -0.3 is 5.32 Å². The lowest BCUT2D eigenvalue weighted by Gasteiger charge is -2.07. The van der Waals surface area contributed by atoms with Crippen molar-refractivity contribution < 1.29 is 4.39 Å². The standard InChI is InChI=1S/C10H6BrClFN3/c11-7-3-6(13)1-2-8(7)15-10-5-14-4-9(12)16-10/h1-5H,(H,15,16). The molecule has 0 saturated heterocycles. The molecule has 0 atom stereocenters. The van der Waals surface area contributed by atoms with Gasteiger partial charge in [-0.1, -0.05) is 11.6 Å². The Morgan fingerprint density at radius 3 is 2.81 bits per heavy atom. The summed E-state index contributed by atoms with van der Waals surface area (Å²) in [5, 5.41) is 3.26. The largest absolute Gasteiger partial charge is 0.338 e. The Balaban J connectivity index is 2.27. The fourth-order valence-corrected chi connectivity index (χ4v) is 1.73. The van der Waals surface area contributed by atoms with E-state index < -0.39 is 0 Å². The maximum Gasteiger partial charge on any atom is 0.150 e. The summed E-state index contributed by atoms with van der Waals surface area (Å²) in [7, 11) is 0. The van der Waals surface area contributed by atoms with E-state index in [0.717, 1.165) is 0 Å². The smallest absolute Gasteiger partial charge is 0.150 e. The van der Waals surface area contributed by atoms with Crippen LogP contribution in [-0.2, 0) is 0 Å². The molecule has 1 aromatic heterocycles. The van der Waals surface area contributed by atoms with Crippen LogP contribution in [0.15, 0.2) is 35.1 Å². The highest BCUT2D eigenvalue weighted by Gasteiger charge is 2.03. The highest BCUT2D eigenvalue weighted by Crippen LogP contribution is 2.25. The van der Waals surface area contributed by atoms with Crippen LogP contribution in [0.1, 0.15) is 0 Å². The van der Waals surface area contributed by atoms with E-state index in [4.69, 9.17) is 11.6 Å². The zero-order valence-electron chi connectivity index (χ0n) is 7.92. The molecule has 0 fully saturated rings. The summed E-state index contributed by atoms with van der Waals surface area (Å²) in [5.41, 5.74) is 0.693. The van der Waals surface area contributed by atoms with Gasteiger partial charge in [0.1, 0.15) is 11.0 Å². The number of hydrogen-bond acceptors (Lipinski definition) is 3. The van der Waals surface area contributed by atoms with E-state index in [1.165, 1.54) is 24.5 Å². The van der Waals surface area contributed by atoms with E-state index in [2.05, 4.69) is 31.2 Å². The topological polar surface area (TPSA) is 37.8 Å². The fraction of sp³-hybridized carbons (Fsp3) is 0. The van der Waals surface area contributed by atoms with Crippen molar-refractivity contribution in [3.8, 4) is 0 Å². The summed E-state index contributed by atoms with van der Waals surface area (Å²) < 4.78 is 13.4. The molecule has 16 heavy (non-hydrogen) atoms. The molecule has 1 aromatic carbocycles. The summed E-state index contributed by atoms with van der Waals surface area (Å²) >= 11 is 8.93. The zero-order valence-corrected chi connectivity index (χ0v) is 10.3. The summed E-state index contributed by atoms with van der Waals surface area (Å²) in [6.07, 6.45) is 2.97. The summed E-state index contributed by atoms with van der Waals surface area (Å²) in [4.78, 5) is 7.89. The highest BCUT2D eigenvalue weighted by atomic mass is 79.9. The third kappa shape index (κ3) is 2.68. The molecule has 0 bridgehead atoms. The van der Waals surface area contributed by atoms with Gasteiger partial charge in [0, 0.05) is 4.47 Å². The zero-order chi connectivity index (χ0) is 11.5. The molecule has 0 aliphatic heterocycles. The van der Waals surface area contributed by atoms with Crippen molar-refractivity contribution in [1.82, 2.24) is 9.97 Å². The third-order valence-electron chi connectivity index (χ3n) is 1.80. The van der Waals surface area contributed by atoms with Gasteiger partial charge in [0.05, 0.1) is 18.1 Å². The van der Waals surface area contributed by atoms with Gasteiger partial charge in [-0.2, -0.15) is 0 Å². The predicted octanol–water partition coefficient (Wildman–Crippen LogP) is 3.78. The van der Waals surface area contributed by atoms with Gasteiger partial charge in [-0.05, 0) is 34.1 Å². The number of nitrogens with one attached hydrogen (secondary N) is 1. The van der Waals surface area contributed by atoms with E-state index in [9.17, 15) is 4.39 Å². The Labute approximate surface area is 105 Å². The van der Waals surface area contributed by atoms with Crippen LogP contribution in [0.2, 0.25) is 5.15 Å². The Hall–Kier alpha value is -1.20. The molecule has 0 amide bonds. The first-order valence-electron chi connectivity index (χ1n) is 4.35. The second-order valence-corrected chi connectivity index (χ2v) is 4.22. The highest BCUT2D eigenvalue weighted by molar-refractivity contribution is 9.10. The Bertz CT molecular complexity index is 521. The SMILES string of the molecule is Fc1ccc(Nc2cncc(Cl)n2)c(Br)c1. The molecule has 0 saturated carbocycles. The molecule has 0 aliphatic carbocycles. The fourth-order valence-electron chi connectivity index (χ4n) is 1.13. The van der Waals surface area contributed by atoms with Crippen LogP contribution in [0.25, 0.3) is 0 Å². The summed E-state index contributed by atoms with van der Waals surface area (Å²) in [6.45, 7) is 0. The van der Waals surface area contributed by atoms with Crippen molar-refractivity contribution in [2.75, 3.05) is 5.32 Å². The molecule has 0 aliphatic rings. The molecule has 0 unspecified atom stereocenters. The molecule has 0 radical (unpaired) electrons. The van der Waals surface area contributed by atoms with Crippen LogP contribution in [0, 0.1) is 5.82 Å². The monoisotopic (exact) mass is 301 g/mol. The molecule has 2 aromatic rings. The first kappa shape index (κ1) is 11.3. The number of anilines is 2. The van der Waals surface area contributed by atoms with Crippen molar-refractivity contribution in [1.29, 1.82) is 0 Å². The molecule has 2 rings (SSSR count). The molecular formula is C10H6BrClFN3. The number of nitrogens with zero attached hydrogens (tertiary/aromatic N) is 2. The average Bonchev–Trinajstić information content (AvgIpc) is 2.22. The molecule has 6 heteroatoms. The van der Waals surface area contributed by atoms with Crippen LogP contribution in [0.4, 0.5) is 15.9 Å². The minimum Gasteiger partial charge on any atom is -0.338 e. The minimum atomic E-state index is -0.311. The molecular weight excluding hydrogens is 296 g/mol. The van der Waals surface area contributed by atoms with E-state index in [-0.39, 0.29) is 5.82 Å². The molecule has 82 valence electrons. The third-order valence-corrected chi connectivity index (χ3v) is 2.64. The maximum atomic E-state index is 12.8. The van der Waals surface area contributed by atoms with Gasteiger partial charge >= 0.3 is 0 Å². The maximum absolute atomic E-state index is 12.8. The van der Waals surface area contributed by atoms with Gasteiger partial charge in [-0.25, -0.2) is 9.37 Å². The van der Waals surface area contributed by atoms with Crippen LogP contribution in [0.3, 0.4) is 0 Å². The van der Waals surface area contributed by atoms with E-state index in [0.29, 0.717) is 21.1 Å². The quantitative estimate of drug-likeness (QED) is 0.917. The first-order chi connectivity index (χ1) is 7.65. The van der Waals surface area contributed by atoms with Gasteiger partial charge in [0.2, 0.25) is 0 Å². The summed E-state index contributed by atoms with van der Waals surface area (Å²) in [6, 6.07) is 4.31. The van der Waals surface area contributed by atoms with Gasteiger partial charge in [0.15, 0.2) is 5.82 Å².